The van der Waals surface area contributed by atoms with Crippen molar-refractivity contribution in [1.82, 2.24) is 0 Å². The third-order valence-corrected chi connectivity index (χ3v) is 4.80. The summed E-state index contributed by atoms with van der Waals surface area (Å²) in [6.07, 6.45) is 0.506. The monoisotopic (exact) mass is 182 g/mol. The molecule has 1 saturated carbocycles. The van der Waals surface area contributed by atoms with Gasteiger partial charge in [-0.3, -0.25) is 0 Å². The van der Waals surface area contributed by atoms with Crippen LogP contribution in [0.5, 0.6) is 0 Å². The van der Waals surface area contributed by atoms with Gasteiger partial charge in [-0.25, -0.2) is 8.42 Å². The van der Waals surface area contributed by atoms with E-state index >= 15 is 0 Å². The second kappa shape index (κ2) is 2.76. The van der Waals surface area contributed by atoms with Crippen molar-refractivity contribution < 1.29 is 37.2 Å². The van der Waals surface area contributed by atoms with Crippen LogP contribution in [-0.2, 0) is 14.6 Å². The van der Waals surface area contributed by atoms with Crippen molar-refractivity contribution in [1.29, 1.82) is 0 Å². The van der Waals surface area contributed by atoms with Crippen molar-refractivity contribution in [3.8, 4) is 0 Å². The van der Waals surface area contributed by atoms with Crippen molar-refractivity contribution in [2.75, 3.05) is 5.75 Å². The van der Waals surface area contributed by atoms with Crippen LogP contribution in [0, 0.1) is 11.8 Å². The molecule has 1 saturated heterocycles. The molecule has 0 bridgehead atoms. The molecular formula is C6H7LiO4S. The normalized spacial score (nSPS) is 41.2. The number of carboxylic acids is 1. The first kappa shape index (κ1) is 10.1. The van der Waals surface area contributed by atoms with Gasteiger partial charge in [0.05, 0.1) is 11.0 Å². The number of hydrogen-bond donors (Lipinski definition) is 0. The summed E-state index contributed by atoms with van der Waals surface area (Å²) in [7, 11) is -3.07. The van der Waals surface area contributed by atoms with E-state index in [0.29, 0.717) is 6.42 Å². The number of aliphatic carboxylic acids is 1. The van der Waals surface area contributed by atoms with Crippen molar-refractivity contribution in [2.45, 2.75) is 11.7 Å². The summed E-state index contributed by atoms with van der Waals surface area (Å²) in [4.78, 5) is 10.3. The standard InChI is InChI=1S/C6H8O4S.Li/c7-6(8)4-3-1-2-11(9,10)5(3)4;/h3-5H,1-2H2,(H,7,8);/q;+1/p-1. The fourth-order valence-corrected chi connectivity index (χ4v) is 4.30. The fraction of sp³-hybridized carbons (Fsp3) is 0.833. The van der Waals surface area contributed by atoms with Crippen LogP contribution in [0.15, 0.2) is 0 Å². The summed E-state index contributed by atoms with van der Waals surface area (Å²) in [5, 5.41) is 9.68. The van der Waals surface area contributed by atoms with Crippen molar-refractivity contribution in [3.05, 3.63) is 0 Å². The van der Waals surface area contributed by atoms with Crippen LogP contribution in [0.25, 0.3) is 0 Å². The minimum Gasteiger partial charge on any atom is -0.550 e. The molecule has 4 nitrogen and oxygen atoms in total. The van der Waals surface area contributed by atoms with Gasteiger partial charge in [0.15, 0.2) is 9.84 Å². The van der Waals surface area contributed by atoms with Gasteiger partial charge in [-0.05, 0) is 12.3 Å². The quantitative estimate of drug-likeness (QED) is 0.381. The number of carboxylic acid groups (broad SMARTS) is 1. The first-order valence-corrected chi connectivity index (χ1v) is 5.18. The molecule has 0 aromatic rings. The molecule has 2 rings (SSSR count). The molecule has 0 N–H and O–H groups in total. The first-order valence-electron chi connectivity index (χ1n) is 3.46. The smallest absolute Gasteiger partial charge is 0.550 e. The van der Waals surface area contributed by atoms with Gasteiger partial charge >= 0.3 is 18.9 Å². The van der Waals surface area contributed by atoms with Crippen LogP contribution >= 0.6 is 0 Å². The minimum atomic E-state index is -3.07. The molecule has 2 fully saturated rings. The van der Waals surface area contributed by atoms with E-state index in [1.54, 1.807) is 0 Å². The molecule has 0 aromatic carbocycles. The fourth-order valence-electron chi connectivity index (χ4n) is 1.92. The van der Waals surface area contributed by atoms with E-state index in [1.165, 1.54) is 0 Å². The van der Waals surface area contributed by atoms with Crippen LogP contribution in [0.4, 0.5) is 0 Å². The summed E-state index contributed by atoms with van der Waals surface area (Å²) in [6.45, 7) is 0. The number of rotatable bonds is 1. The molecule has 3 atom stereocenters. The van der Waals surface area contributed by atoms with Gasteiger partial charge in [0.2, 0.25) is 0 Å². The van der Waals surface area contributed by atoms with Crippen molar-refractivity contribution >= 4 is 15.8 Å². The van der Waals surface area contributed by atoms with E-state index in [4.69, 9.17) is 0 Å². The average Bonchev–Trinajstić information content (AvgIpc) is 2.51. The molecule has 0 amide bonds. The third kappa shape index (κ3) is 1.20. The topological polar surface area (TPSA) is 74.3 Å². The molecule has 2 aliphatic rings. The molecule has 0 aromatic heterocycles. The van der Waals surface area contributed by atoms with Gasteiger partial charge in [0, 0.05) is 11.9 Å². The first-order chi connectivity index (χ1) is 5.04. The van der Waals surface area contributed by atoms with Gasteiger partial charge in [0.1, 0.15) is 0 Å². The molecule has 0 radical (unpaired) electrons. The largest absolute Gasteiger partial charge is 1.00 e. The van der Waals surface area contributed by atoms with Crippen molar-refractivity contribution in [3.63, 3.8) is 0 Å². The van der Waals surface area contributed by atoms with Crippen LogP contribution in [-0.4, -0.2) is 25.4 Å². The molecular weight excluding hydrogens is 175 g/mol. The molecule has 12 heavy (non-hydrogen) atoms. The van der Waals surface area contributed by atoms with Crippen molar-refractivity contribution in [2.24, 2.45) is 11.8 Å². The van der Waals surface area contributed by atoms with Gasteiger partial charge < -0.3 is 9.90 Å². The van der Waals surface area contributed by atoms with Gasteiger partial charge in [-0.15, -0.1) is 0 Å². The zero-order chi connectivity index (χ0) is 8.22. The Kier molecular flexibility index (Phi) is 2.32. The summed E-state index contributed by atoms with van der Waals surface area (Å²) >= 11 is 0. The minimum absolute atomic E-state index is 0. The average molecular weight is 182 g/mol. The molecule has 6 heteroatoms. The van der Waals surface area contributed by atoms with E-state index < -0.39 is 27.0 Å². The zero-order valence-corrected chi connectivity index (χ0v) is 7.50. The Morgan fingerprint density at radius 1 is 1.42 bits per heavy atom. The maximum Gasteiger partial charge on any atom is 1.00 e. The van der Waals surface area contributed by atoms with E-state index in [0.717, 1.165) is 0 Å². The second-order valence-corrected chi connectivity index (χ2v) is 5.41. The van der Waals surface area contributed by atoms with E-state index in [1.807, 2.05) is 0 Å². The van der Waals surface area contributed by atoms with Gasteiger partial charge in [-0.2, -0.15) is 0 Å². The van der Waals surface area contributed by atoms with Crippen LogP contribution in [0.2, 0.25) is 0 Å². The Morgan fingerprint density at radius 3 is 2.25 bits per heavy atom. The number of carbonyl (C=O) groups excluding carboxylic acids is 1. The molecule has 1 heterocycles. The SMILES string of the molecule is O=C([O-])C1C2CCS(=O)(=O)C21.[Li+]. The van der Waals surface area contributed by atoms with E-state index in [-0.39, 0.29) is 30.5 Å². The number of fused-ring (bicyclic) bond motifs is 1. The molecule has 62 valence electrons. The summed E-state index contributed by atoms with van der Waals surface area (Å²) in [5.41, 5.74) is 0. The molecule has 0 spiro atoms. The number of sulfone groups is 1. The zero-order valence-electron chi connectivity index (χ0n) is 6.69. The van der Waals surface area contributed by atoms with E-state index in [9.17, 15) is 18.3 Å². The predicted octanol–water partition coefficient (Wildman–Crippen LogP) is -4.83. The maximum absolute atomic E-state index is 11.0. The molecule has 1 aliphatic carbocycles. The van der Waals surface area contributed by atoms with Crippen LogP contribution in [0.1, 0.15) is 6.42 Å². The van der Waals surface area contributed by atoms with Crippen LogP contribution < -0.4 is 24.0 Å². The van der Waals surface area contributed by atoms with Gasteiger partial charge in [0.25, 0.3) is 0 Å². The Morgan fingerprint density at radius 2 is 2.00 bits per heavy atom. The number of hydrogen-bond acceptors (Lipinski definition) is 4. The summed E-state index contributed by atoms with van der Waals surface area (Å²) in [5.74, 6) is -1.88. The number of carbonyl (C=O) groups is 1. The summed E-state index contributed by atoms with van der Waals surface area (Å²) in [6, 6.07) is 0. The molecule has 3 unspecified atom stereocenters. The van der Waals surface area contributed by atoms with E-state index in [2.05, 4.69) is 0 Å². The predicted molar refractivity (Wildman–Crippen MR) is 34.2 cm³/mol. The van der Waals surface area contributed by atoms with Gasteiger partial charge in [-0.1, -0.05) is 0 Å². The Bertz CT molecular complexity index is 310. The van der Waals surface area contributed by atoms with Crippen LogP contribution in [0.3, 0.4) is 0 Å². The molecule has 1 aliphatic heterocycles. The third-order valence-electron chi connectivity index (χ3n) is 2.52. The second-order valence-electron chi connectivity index (χ2n) is 3.13. The Hall–Kier alpha value is 0.0174. The Labute approximate surface area is 82.4 Å². The summed E-state index contributed by atoms with van der Waals surface area (Å²) < 4.78 is 22.1. The Balaban J connectivity index is 0.000000720. The maximum atomic E-state index is 11.0.